The molecule has 0 heterocycles. The number of hydrogen-bond acceptors (Lipinski definition) is 5. The van der Waals surface area contributed by atoms with Crippen molar-refractivity contribution in [3.05, 3.63) is 47.5 Å². The molecule has 0 amide bonds. The van der Waals surface area contributed by atoms with Crippen LogP contribution in [0.25, 0.3) is 0 Å². The van der Waals surface area contributed by atoms with E-state index in [9.17, 15) is 0 Å². The number of methoxy groups -OCH3 is 3. The number of benzene rings is 2. The highest BCUT2D eigenvalue weighted by molar-refractivity contribution is 14.0. The second kappa shape index (κ2) is 13.8. The zero-order chi connectivity index (χ0) is 21.1. The Morgan fingerprint density at radius 2 is 1.60 bits per heavy atom. The summed E-state index contributed by atoms with van der Waals surface area (Å²) in [5.41, 5.74) is 2.08. The van der Waals surface area contributed by atoms with E-state index in [0.717, 1.165) is 40.5 Å². The molecule has 0 aliphatic carbocycles. The van der Waals surface area contributed by atoms with E-state index < -0.39 is 0 Å². The van der Waals surface area contributed by atoms with Crippen molar-refractivity contribution in [2.75, 3.05) is 35.0 Å². The largest absolute Gasteiger partial charge is 0.497 e. The summed E-state index contributed by atoms with van der Waals surface area (Å²) in [5.74, 6) is 3.69. The van der Waals surface area contributed by atoms with Crippen LogP contribution in [0.3, 0.4) is 0 Å². The Kier molecular flexibility index (Phi) is 11.8. The quantitative estimate of drug-likeness (QED) is 0.276. The van der Waals surface area contributed by atoms with Crippen LogP contribution in [0.2, 0.25) is 0 Å². The molecule has 0 fully saturated rings. The monoisotopic (exact) mass is 529 g/mol. The van der Waals surface area contributed by atoms with Crippen molar-refractivity contribution >= 4 is 29.9 Å². The number of hydrogen-bond donors (Lipinski definition) is 2. The predicted molar refractivity (Wildman–Crippen MR) is 131 cm³/mol. The molecule has 166 valence electrons. The van der Waals surface area contributed by atoms with Crippen LogP contribution in [0.5, 0.6) is 23.0 Å². The van der Waals surface area contributed by atoms with Crippen LogP contribution in [0.4, 0.5) is 0 Å². The van der Waals surface area contributed by atoms with Crippen LogP contribution < -0.4 is 29.6 Å². The number of halogens is 1. The van der Waals surface area contributed by atoms with Crippen molar-refractivity contribution in [2.45, 2.75) is 26.4 Å². The lowest BCUT2D eigenvalue weighted by Crippen LogP contribution is -2.36. The van der Waals surface area contributed by atoms with Crippen LogP contribution in [-0.4, -0.2) is 40.9 Å². The standard InChI is InChI=1S/C22H31N3O4.HI/c1-6-11-29-19-10-7-16(12-21(19)28-5)14-24-22(23-2)25-15-17-8-9-18(26-3)13-20(17)27-4;/h7-10,12-13H,6,11,14-15H2,1-5H3,(H2,23,24,25);1H. The van der Waals surface area contributed by atoms with E-state index in [1.807, 2.05) is 36.4 Å². The number of ether oxygens (including phenoxy) is 4. The molecule has 2 N–H and O–H groups in total. The van der Waals surface area contributed by atoms with Gasteiger partial charge in [-0.2, -0.15) is 0 Å². The van der Waals surface area contributed by atoms with Gasteiger partial charge in [0.25, 0.3) is 0 Å². The van der Waals surface area contributed by atoms with Gasteiger partial charge in [-0.25, -0.2) is 0 Å². The van der Waals surface area contributed by atoms with Crippen LogP contribution in [0, 0.1) is 0 Å². The fourth-order valence-corrected chi connectivity index (χ4v) is 2.74. The molecule has 0 saturated carbocycles. The average molecular weight is 529 g/mol. The van der Waals surface area contributed by atoms with Gasteiger partial charge >= 0.3 is 0 Å². The summed E-state index contributed by atoms with van der Waals surface area (Å²) in [6.45, 7) is 3.91. The van der Waals surface area contributed by atoms with Crippen LogP contribution in [0.1, 0.15) is 24.5 Å². The van der Waals surface area contributed by atoms with E-state index in [2.05, 4.69) is 22.5 Å². The predicted octanol–water partition coefficient (Wildman–Crippen LogP) is 3.98. The van der Waals surface area contributed by atoms with Crippen molar-refractivity contribution in [2.24, 2.45) is 4.99 Å². The number of aliphatic imine (C=N–C) groups is 1. The lowest BCUT2D eigenvalue weighted by Gasteiger charge is -2.15. The normalized spacial score (nSPS) is 10.6. The zero-order valence-corrected chi connectivity index (χ0v) is 20.6. The zero-order valence-electron chi connectivity index (χ0n) is 18.3. The summed E-state index contributed by atoms with van der Waals surface area (Å²) >= 11 is 0. The molecule has 0 unspecified atom stereocenters. The molecule has 0 spiro atoms. The summed E-state index contributed by atoms with van der Waals surface area (Å²) < 4.78 is 21.8. The summed E-state index contributed by atoms with van der Waals surface area (Å²) in [5, 5.41) is 6.61. The lowest BCUT2D eigenvalue weighted by molar-refractivity contribution is 0.294. The first-order valence-corrected chi connectivity index (χ1v) is 9.60. The third-order valence-electron chi connectivity index (χ3n) is 4.31. The van der Waals surface area contributed by atoms with Gasteiger partial charge in [-0.15, -0.1) is 24.0 Å². The number of nitrogens with zero attached hydrogens (tertiary/aromatic N) is 1. The highest BCUT2D eigenvalue weighted by Crippen LogP contribution is 2.28. The summed E-state index contributed by atoms with van der Waals surface area (Å²) in [7, 11) is 6.67. The molecule has 8 heteroatoms. The Labute approximate surface area is 196 Å². The maximum atomic E-state index is 5.70. The third kappa shape index (κ3) is 7.47. The van der Waals surface area contributed by atoms with Gasteiger partial charge in [0.05, 0.1) is 27.9 Å². The molecule has 0 aromatic heterocycles. The van der Waals surface area contributed by atoms with E-state index in [0.29, 0.717) is 25.7 Å². The van der Waals surface area contributed by atoms with E-state index in [-0.39, 0.29) is 24.0 Å². The summed E-state index contributed by atoms with van der Waals surface area (Å²) in [4.78, 5) is 4.28. The molecule has 0 aliphatic heterocycles. The molecular formula is C22H32IN3O4. The van der Waals surface area contributed by atoms with E-state index in [4.69, 9.17) is 18.9 Å². The highest BCUT2D eigenvalue weighted by atomic mass is 127. The first-order valence-electron chi connectivity index (χ1n) is 9.60. The van der Waals surface area contributed by atoms with Gasteiger partial charge in [0.1, 0.15) is 11.5 Å². The Bertz CT molecular complexity index is 815. The SMILES string of the molecule is CCCOc1ccc(CNC(=NC)NCc2ccc(OC)cc2OC)cc1OC.I. The van der Waals surface area contributed by atoms with Gasteiger partial charge in [0.15, 0.2) is 17.5 Å². The minimum absolute atomic E-state index is 0. The van der Waals surface area contributed by atoms with Crippen molar-refractivity contribution in [3.63, 3.8) is 0 Å². The van der Waals surface area contributed by atoms with Gasteiger partial charge in [-0.1, -0.05) is 13.0 Å². The van der Waals surface area contributed by atoms with Gasteiger partial charge < -0.3 is 29.6 Å². The Morgan fingerprint density at radius 1 is 0.867 bits per heavy atom. The van der Waals surface area contributed by atoms with E-state index in [1.165, 1.54) is 0 Å². The first kappa shape index (κ1) is 25.7. The highest BCUT2D eigenvalue weighted by Gasteiger charge is 2.08. The maximum absolute atomic E-state index is 5.70. The van der Waals surface area contributed by atoms with E-state index in [1.54, 1.807) is 28.4 Å². The van der Waals surface area contributed by atoms with Crippen molar-refractivity contribution in [1.29, 1.82) is 0 Å². The topological polar surface area (TPSA) is 73.3 Å². The van der Waals surface area contributed by atoms with Gasteiger partial charge in [-0.3, -0.25) is 4.99 Å². The van der Waals surface area contributed by atoms with Crippen LogP contribution in [0.15, 0.2) is 41.4 Å². The molecule has 0 saturated heterocycles. The summed E-state index contributed by atoms with van der Waals surface area (Å²) in [6, 6.07) is 11.7. The van der Waals surface area contributed by atoms with Gasteiger partial charge in [-0.05, 0) is 36.2 Å². The van der Waals surface area contributed by atoms with Crippen LogP contribution in [-0.2, 0) is 13.1 Å². The smallest absolute Gasteiger partial charge is 0.191 e. The molecule has 30 heavy (non-hydrogen) atoms. The molecule has 2 rings (SSSR count). The Hall–Kier alpha value is -2.36. The molecule has 2 aromatic rings. The molecule has 0 aliphatic rings. The lowest BCUT2D eigenvalue weighted by atomic mass is 10.2. The Balaban J connectivity index is 0.00000450. The van der Waals surface area contributed by atoms with Gasteiger partial charge in [0, 0.05) is 31.8 Å². The Morgan fingerprint density at radius 3 is 2.23 bits per heavy atom. The molecule has 0 bridgehead atoms. The number of rotatable bonds is 10. The first-order chi connectivity index (χ1) is 14.1. The molecule has 0 radical (unpaired) electrons. The van der Waals surface area contributed by atoms with Crippen molar-refractivity contribution in [3.8, 4) is 23.0 Å². The molecule has 0 atom stereocenters. The number of guanidine groups is 1. The minimum atomic E-state index is 0. The summed E-state index contributed by atoms with van der Waals surface area (Å²) in [6.07, 6.45) is 0.952. The molecule has 7 nitrogen and oxygen atoms in total. The second-order valence-corrected chi connectivity index (χ2v) is 6.29. The van der Waals surface area contributed by atoms with Gasteiger partial charge in [0.2, 0.25) is 0 Å². The third-order valence-corrected chi connectivity index (χ3v) is 4.31. The number of nitrogens with one attached hydrogen (secondary N) is 2. The second-order valence-electron chi connectivity index (χ2n) is 6.29. The maximum Gasteiger partial charge on any atom is 0.191 e. The fourth-order valence-electron chi connectivity index (χ4n) is 2.74. The van der Waals surface area contributed by atoms with E-state index >= 15 is 0 Å². The van der Waals surface area contributed by atoms with Crippen LogP contribution >= 0.6 is 24.0 Å². The fraction of sp³-hybridized carbons (Fsp3) is 0.409. The van der Waals surface area contributed by atoms with Crippen molar-refractivity contribution in [1.82, 2.24) is 10.6 Å². The molecular weight excluding hydrogens is 497 g/mol. The molecule has 2 aromatic carbocycles. The minimum Gasteiger partial charge on any atom is -0.497 e. The average Bonchev–Trinajstić information content (AvgIpc) is 2.77. The van der Waals surface area contributed by atoms with Crippen molar-refractivity contribution < 1.29 is 18.9 Å².